The fourth-order valence-corrected chi connectivity index (χ4v) is 4.48. The number of rotatable bonds is 8. The predicted molar refractivity (Wildman–Crippen MR) is 131 cm³/mol. The zero-order valence-corrected chi connectivity index (χ0v) is 21.5. The Morgan fingerprint density at radius 1 is 0.951 bits per heavy atom. The maximum absolute atomic E-state index is 14.9. The van der Waals surface area contributed by atoms with Crippen LogP contribution in [0.2, 0.25) is 0 Å². The minimum atomic E-state index is -4.99. The molecule has 3 aromatic heterocycles. The molecule has 0 saturated heterocycles. The summed E-state index contributed by atoms with van der Waals surface area (Å²) in [4.78, 5) is 12.8. The first-order chi connectivity index (χ1) is 19.4. The molecule has 41 heavy (non-hydrogen) atoms. The minimum absolute atomic E-state index is 0.0121. The lowest BCUT2D eigenvalue weighted by atomic mass is 10.1. The first-order valence-corrected chi connectivity index (χ1v) is 12.1. The molecule has 5 rings (SSSR count). The van der Waals surface area contributed by atoms with E-state index >= 15 is 0 Å². The molecule has 2 N–H and O–H groups in total. The van der Waals surface area contributed by atoms with Gasteiger partial charge in [0.2, 0.25) is 11.6 Å². The fourth-order valence-electron chi connectivity index (χ4n) is 4.48. The Morgan fingerprint density at radius 2 is 1.59 bits per heavy atom. The van der Waals surface area contributed by atoms with E-state index in [-0.39, 0.29) is 29.0 Å². The molecule has 0 amide bonds. The molecule has 8 nitrogen and oxygen atoms in total. The van der Waals surface area contributed by atoms with Crippen molar-refractivity contribution in [3.05, 3.63) is 64.6 Å². The van der Waals surface area contributed by atoms with Crippen LogP contribution in [-0.2, 0) is 6.54 Å². The van der Waals surface area contributed by atoms with Gasteiger partial charge in [-0.2, -0.15) is 27.1 Å². The molecule has 1 aliphatic rings. The summed E-state index contributed by atoms with van der Waals surface area (Å²) in [7, 11) is 1.39. The third kappa shape index (κ3) is 5.35. The van der Waals surface area contributed by atoms with Crippen LogP contribution in [0.25, 0.3) is 22.8 Å². The van der Waals surface area contributed by atoms with E-state index < -0.39 is 53.9 Å². The van der Waals surface area contributed by atoms with E-state index in [1.54, 1.807) is 31.5 Å². The molecule has 3 heterocycles. The van der Waals surface area contributed by atoms with E-state index in [9.17, 15) is 30.7 Å². The number of anilines is 1. The number of nitrogens with zero attached hydrogens (tertiary/aromatic N) is 5. The van der Waals surface area contributed by atoms with Gasteiger partial charge in [-0.3, -0.25) is 9.67 Å². The molecule has 0 bridgehead atoms. The number of alkyl halides is 3. The fraction of sp³-hybridized carbons (Fsp3) is 0.308. The van der Waals surface area contributed by atoms with Crippen molar-refractivity contribution in [2.45, 2.75) is 38.4 Å². The van der Waals surface area contributed by atoms with Gasteiger partial charge in [-0.1, -0.05) is 0 Å². The van der Waals surface area contributed by atoms with Gasteiger partial charge in [-0.05, 0) is 31.9 Å². The molecule has 0 aliphatic heterocycles. The van der Waals surface area contributed by atoms with Crippen molar-refractivity contribution in [2.24, 2.45) is 0 Å². The number of ether oxygens (including phenoxy) is 2. The third-order valence-electron chi connectivity index (χ3n) is 6.47. The van der Waals surface area contributed by atoms with E-state index in [2.05, 4.69) is 24.8 Å². The predicted octanol–water partition coefficient (Wildman–Crippen LogP) is 5.72. The van der Waals surface area contributed by atoms with E-state index in [1.807, 2.05) is 0 Å². The highest BCUT2D eigenvalue weighted by atomic mass is 19.4. The van der Waals surface area contributed by atoms with Crippen LogP contribution in [-0.4, -0.2) is 44.6 Å². The monoisotopic (exact) mass is 582 g/mol. The van der Waals surface area contributed by atoms with Crippen LogP contribution < -0.4 is 15.2 Å². The summed E-state index contributed by atoms with van der Waals surface area (Å²) in [5.41, 5.74) is 7.27. The van der Waals surface area contributed by atoms with Gasteiger partial charge in [0.15, 0.2) is 41.4 Å². The average molecular weight is 582 g/mol. The van der Waals surface area contributed by atoms with Gasteiger partial charge in [0, 0.05) is 35.1 Å². The molecule has 1 aliphatic carbocycles. The quantitative estimate of drug-likeness (QED) is 0.209. The molecule has 1 fully saturated rings. The van der Waals surface area contributed by atoms with Crippen molar-refractivity contribution >= 4 is 5.82 Å². The van der Waals surface area contributed by atoms with Gasteiger partial charge in [-0.15, -0.1) is 0 Å². The molecule has 216 valence electrons. The second-order valence-corrected chi connectivity index (χ2v) is 9.31. The number of nitrogens with two attached hydrogens (primary N) is 1. The van der Waals surface area contributed by atoms with Gasteiger partial charge in [0.05, 0.1) is 19.2 Å². The minimum Gasteiger partial charge on any atom is -0.491 e. The van der Waals surface area contributed by atoms with Crippen molar-refractivity contribution in [2.75, 3.05) is 19.5 Å². The Kier molecular flexibility index (Phi) is 7.21. The normalized spacial score (nSPS) is 13.5. The van der Waals surface area contributed by atoms with Crippen molar-refractivity contribution in [3.63, 3.8) is 0 Å². The van der Waals surface area contributed by atoms with Crippen LogP contribution in [0.15, 0.2) is 24.5 Å². The number of methoxy groups -OCH3 is 1. The summed E-state index contributed by atoms with van der Waals surface area (Å²) < 4.78 is 107. The molecule has 0 atom stereocenters. The first kappa shape index (κ1) is 28.1. The molecule has 1 saturated carbocycles. The lowest BCUT2D eigenvalue weighted by Gasteiger charge is -2.15. The van der Waals surface area contributed by atoms with E-state index in [0.717, 1.165) is 12.8 Å². The molecular weight excluding hydrogens is 561 g/mol. The number of pyridine rings is 1. The molecule has 0 spiro atoms. The summed E-state index contributed by atoms with van der Waals surface area (Å²) in [6, 6.07) is 3.35. The summed E-state index contributed by atoms with van der Waals surface area (Å²) in [5.74, 6) is -9.60. The molecule has 1 aromatic carbocycles. The highest BCUT2D eigenvalue weighted by Crippen LogP contribution is 2.44. The Balaban J connectivity index is 1.59. The van der Waals surface area contributed by atoms with Crippen LogP contribution in [0.4, 0.5) is 36.6 Å². The van der Waals surface area contributed by atoms with Crippen LogP contribution >= 0.6 is 0 Å². The topological polar surface area (TPSA) is 101 Å². The standard InChI is InChI=1S/C26H21F7N6O2/c1-11-19(25-36-20(12-5-7-35-8-6-12)23(40-2)24(34)37-25)38-39(21(11)13-3-4-13)9-14-15(27)17(29)22(18(30)16(14)28)41-10-26(31,32)33/h5-8,13H,3-4,9-10H2,1-2H3,(H2,34,36,37). The van der Waals surface area contributed by atoms with Crippen molar-refractivity contribution in [1.29, 1.82) is 0 Å². The zero-order chi connectivity index (χ0) is 29.6. The lowest BCUT2D eigenvalue weighted by Crippen LogP contribution is -2.21. The smallest absolute Gasteiger partial charge is 0.422 e. The van der Waals surface area contributed by atoms with Crippen LogP contribution in [0.3, 0.4) is 0 Å². The molecule has 15 heteroatoms. The Hall–Kier alpha value is -4.43. The molecule has 4 aromatic rings. The third-order valence-corrected chi connectivity index (χ3v) is 6.47. The Morgan fingerprint density at radius 3 is 2.15 bits per heavy atom. The summed E-state index contributed by atoms with van der Waals surface area (Å²) >= 11 is 0. The Labute approximate surface area is 228 Å². The second-order valence-electron chi connectivity index (χ2n) is 9.31. The summed E-state index contributed by atoms with van der Waals surface area (Å²) in [6.45, 7) is -1.23. The van der Waals surface area contributed by atoms with E-state index in [0.29, 0.717) is 22.5 Å². The molecule has 0 radical (unpaired) electrons. The maximum Gasteiger partial charge on any atom is 0.422 e. The second kappa shape index (κ2) is 10.5. The first-order valence-electron chi connectivity index (χ1n) is 12.1. The number of hydrogen-bond donors (Lipinski definition) is 1. The molecular formula is C26H21F7N6O2. The van der Waals surface area contributed by atoms with Crippen LogP contribution in [0.1, 0.15) is 35.6 Å². The van der Waals surface area contributed by atoms with Gasteiger partial charge in [-0.25, -0.2) is 18.7 Å². The Bertz CT molecular complexity index is 1590. The summed E-state index contributed by atoms with van der Waals surface area (Å²) in [5, 5.41) is 4.43. The van der Waals surface area contributed by atoms with E-state index in [1.165, 1.54) is 11.8 Å². The average Bonchev–Trinajstić information content (AvgIpc) is 3.71. The van der Waals surface area contributed by atoms with Gasteiger partial charge < -0.3 is 15.2 Å². The van der Waals surface area contributed by atoms with Gasteiger partial charge >= 0.3 is 6.18 Å². The highest BCUT2D eigenvalue weighted by molar-refractivity contribution is 5.74. The molecule has 0 unspecified atom stereocenters. The lowest BCUT2D eigenvalue weighted by molar-refractivity contribution is -0.154. The number of hydrogen-bond acceptors (Lipinski definition) is 7. The van der Waals surface area contributed by atoms with Crippen molar-refractivity contribution in [1.82, 2.24) is 24.7 Å². The largest absolute Gasteiger partial charge is 0.491 e. The van der Waals surface area contributed by atoms with E-state index in [4.69, 9.17) is 10.5 Å². The van der Waals surface area contributed by atoms with Crippen molar-refractivity contribution in [3.8, 4) is 34.3 Å². The number of benzene rings is 1. The van der Waals surface area contributed by atoms with Crippen LogP contribution in [0.5, 0.6) is 11.5 Å². The number of nitrogen functional groups attached to an aromatic ring is 1. The summed E-state index contributed by atoms with van der Waals surface area (Å²) in [6.07, 6.45) is -0.468. The zero-order valence-electron chi connectivity index (χ0n) is 21.5. The van der Waals surface area contributed by atoms with Gasteiger partial charge in [0.1, 0.15) is 11.4 Å². The number of aromatic nitrogens is 5. The van der Waals surface area contributed by atoms with Crippen molar-refractivity contribution < 1.29 is 40.2 Å². The SMILES string of the molecule is COc1c(N)nc(-c2nn(Cc3c(F)c(F)c(OCC(F)(F)F)c(F)c3F)c(C3CC3)c2C)nc1-c1ccncc1. The number of halogens is 7. The van der Waals surface area contributed by atoms with Gasteiger partial charge in [0.25, 0.3) is 0 Å². The highest BCUT2D eigenvalue weighted by Gasteiger charge is 2.35. The van der Waals surface area contributed by atoms with Crippen LogP contribution in [0, 0.1) is 30.2 Å². The maximum atomic E-state index is 14.9.